The molecule has 0 bridgehead atoms. The maximum atomic E-state index is 11.3. The number of fused-ring (bicyclic) bond motifs is 1. The lowest BCUT2D eigenvalue weighted by molar-refractivity contribution is -0.116. The number of benzene rings is 1. The number of aromatic nitrogens is 1. The molecular formula is C14H13N3O2. The smallest absolute Gasteiger partial charge is 0.224 e. The van der Waals surface area contributed by atoms with Gasteiger partial charge < -0.3 is 15.8 Å². The zero-order valence-corrected chi connectivity index (χ0v) is 10.2. The lowest BCUT2D eigenvalue weighted by atomic mass is 10.0. The lowest BCUT2D eigenvalue weighted by Crippen LogP contribution is -2.18. The molecule has 2 aromatic rings. The third-order valence-corrected chi connectivity index (χ3v) is 2.95. The van der Waals surface area contributed by atoms with E-state index < -0.39 is 0 Å². The van der Waals surface area contributed by atoms with Gasteiger partial charge in [0.1, 0.15) is 5.75 Å². The number of carbonyl (C=O) groups excluding carboxylic acids is 1. The van der Waals surface area contributed by atoms with Crippen LogP contribution in [-0.4, -0.2) is 10.9 Å². The molecule has 0 saturated carbocycles. The third-order valence-electron chi connectivity index (χ3n) is 2.95. The van der Waals surface area contributed by atoms with Crippen LogP contribution in [0, 0.1) is 0 Å². The first-order valence-corrected chi connectivity index (χ1v) is 6.03. The average molecular weight is 255 g/mol. The number of nitrogens with one attached hydrogen (secondary N) is 1. The van der Waals surface area contributed by atoms with Gasteiger partial charge in [-0.25, -0.2) is 4.98 Å². The normalized spacial score (nSPS) is 13.6. The molecule has 1 aromatic heterocycles. The molecule has 1 aliphatic heterocycles. The van der Waals surface area contributed by atoms with E-state index in [1.807, 2.05) is 18.2 Å². The molecule has 0 atom stereocenters. The number of pyridine rings is 1. The monoisotopic (exact) mass is 255 g/mol. The third kappa shape index (κ3) is 2.49. The zero-order chi connectivity index (χ0) is 13.2. The molecule has 19 heavy (non-hydrogen) atoms. The van der Waals surface area contributed by atoms with Gasteiger partial charge in [-0.3, -0.25) is 4.79 Å². The summed E-state index contributed by atoms with van der Waals surface area (Å²) in [7, 11) is 0. The average Bonchev–Trinajstić information content (AvgIpc) is 2.42. The van der Waals surface area contributed by atoms with Gasteiger partial charge in [-0.2, -0.15) is 0 Å². The van der Waals surface area contributed by atoms with E-state index in [4.69, 9.17) is 10.5 Å². The van der Waals surface area contributed by atoms with E-state index in [0.717, 1.165) is 17.7 Å². The maximum absolute atomic E-state index is 11.3. The second-order valence-electron chi connectivity index (χ2n) is 4.40. The predicted molar refractivity (Wildman–Crippen MR) is 72.1 cm³/mol. The fourth-order valence-corrected chi connectivity index (χ4v) is 2.00. The Bertz CT molecular complexity index is 623. The van der Waals surface area contributed by atoms with Crippen LogP contribution < -0.4 is 15.8 Å². The summed E-state index contributed by atoms with van der Waals surface area (Å²) >= 11 is 0. The molecule has 0 fully saturated rings. The van der Waals surface area contributed by atoms with Crippen molar-refractivity contribution in [3.8, 4) is 11.6 Å². The molecule has 3 rings (SSSR count). The number of nitrogens with two attached hydrogens (primary N) is 1. The molecule has 1 amide bonds. The highest BCUT2D eigenvalue weighted by atomic mass is 16.5. The summed E-state index contributed by atoms with van der Waals surface area (Å²) in [5.41, 5.74) is 8.10. The van der Waals surface area contributed by atoms with Crippen molar-refractivity contribution in [1.29, 1.82) is 0 Å². The van der Waals surface area contributed by atoms with Crippen molar-refractivity contribution in [2.45, 2.75) is 12.8 Å². The van der Waals surface area contributed by atoms with E-state index in [0.29, 0.717) is 23.7 Å². The summed E-state index contributed by atoms with van der Waals surface area (Å²) in [6.07, 6.45) is 2.79. The minimum Gasteiger partial charge on any atom is -0.439 e. The largest absolute Gasteiger partial charge is 0.439 e. The first kappa shape index (κ1) is 11.5. The Morgan fingerprint density at radius 2 is 2.11 bits per heavy atom. The van der Waals surface area contributed by atoms with E-state index in [9.17, 15) is 4.79 Å². The SMILES string of the molecule is Nc1ccc(Oc2ccc3c(c2)CCC(=O)N3)nc1. The van der Waals surface area contributed by atoms with Crippen LogP contribution in [0.15, 0.2) is 36.5 Å². The van der Waals surface area contributed by atoms with Crippen LogP contribution in [0.3, 0.4) is 0 Å². The van der Waals surface area contributed by atoms with Crippen LogP contribution in [0.1, 0.15) is 12.0 Å². The number of nitrogen functional groups attached to an aromatic ring is 1. The van der Waals surface area contributed by atoms with Gasteiger partial charge in [-0.1, -0.05) is 0 Å². The Morgan fingerprint density at radius 3 is 2.89 bits per heavy atom. The second kappa shape index (κ2) is 4.61. The quantitative estimate of drug-likeness (QED) is 0.863. The van der Waals surface area contributed by atoms with Gasteiger partial charge in [0, 0.05) is 18.2 Å². The molecule has 0 aliphatic carbocycles. The summed E-state index contributed by atoms with van der Waals surface area (Å²) in [5, 5.41) is 2.83. The number of anilines is 2. The molecule has 2 heterocycles. The molecule has 0 unspecified atom stereocenters. The molecule has 96 valence electrons. The minimum absolute atomic E-state index is 0.0568. The molecule has 5 heteroatoms. The Hall–Kier alpha value is -2.56. The number of aryl methyl sites for hydroxylation is 1. The van der Waals surface area contributed by atoms with E-state index in [1.165, 1.54) is 0 Å². The molecular weight excluding hydrogens is 242 g/mol. The Morgan fingerprint density at radius 1 is 1.21 bits per heavy atom. The van der Waals surface area contributed by atoms with Crippen LogP contribution in [0.5, 0.6) is 11.6 Å². The summed E-state index contributed by atoms with van der Waals surface area (Å²) in [6.45, 7) is 0. The predicted octanol–water partition coefficient (Wildman–Crippen LogP) is 2.34. The summed E-state index contributed by atoms with van der Waals surface area (Å²) in [6, 6.07) is 9.03. The van der Waals surface area contributed by atoms with Crippen LogP contribution in [0.4, 0.5) is 11.4 Å². The topological polar surface area (TPSA) is 77.2 Å². The van der Waals surface area contributed by atoms with Crippen LogP contribution >= 0.6 is 0 Å². The summed E-state index contributed by atoms with van der Waals surface area (Å²) in [5.74, 6) is 1.25. The number of ether oxygens (including phenoxy) is 1. The van der Waals surface area contributed by atoms with E-state index in [2.05, 4.69) is 10.3 Å². The zero-order valence-electron chi connectivity index (χ0n) is 10.2. The van der Waals surface area contributed by atoms with E-state index >= 15 is 0 Å². The highest BCUT2D eigenvalue weighted by Crippen LogP contribution is 2.29. The van der Waals surface area contributed by atoms with E-state index in [1.54, 1.807) is 18.3 Å². The fourth-order valence-electron chi connectivity index (χ4n) is 2.00. The molecule has 5 nitrogen and oxygen atoms in total. The van der Waals surface area contributed by atoms with Crippen LogP contribution in [-0.2, 0) is 11.2 Å². The molecule has 1 aliphatic rings. The van der Waals surface area contributed by atoms with Crippen molar-refractivity contribution in [3.63, 3.8) is 0 Å². The van der Waals surface area contributed by atoms with Gasteiger partial charge in [0.25, 0.3) is 0 Å². The van der Waals surface area contributed by atoms with Crippen molar-refractivity contribution >= 4 is 17.3 Å². The van der Waals surface area contributed by atoms with Crippen molar-refractivity contribution < 1.29 is 9.53 Å². The Labute approximate surface area is 110 Å². The molecule has 0 spiro atoms. The Kier molecular flexibility index (Phi) is 2.79. The van der Waals surface area contributed by atoms with Gasteiger partial charge in [0.2, 0.25) is 11.8 Å². The van der Waals surface area contributed by atoms with Gasteiger partial charge in [-0.05, 0) is 36.2 Å². The Balaban J connectivity index is 1.82. The van der Waals surface area contributed by atoms with E-state index in [-0.39, 0.29) is 5.91 Å². The summed E-state index contributed by atoms with van der Waals surface area (Å²) < 4.78 is 5.65. The highest BCUT2D eigenvalue weighted by Gasteiger charge is 2.15. The van der Waals surface area contributed by atoms with Gasteiger partial charge in [0.05, 0.1) is 11.9 Å². The number of nitrogens with zero attached hydrogens (tertiary/aromatic N) is 1. The number of carbonyl (C=O) groups is 1. The first-order chi connectivity index (χ1) is 9.20. The van der Waals surface area contributed by atoms with Crippen molar-refractivity contribution in [3.05, 3.63) is 42.1 Å². The lowest BCUT2D eigenvalue weighted by Gasteiger charge is -2.17. The standard InChI is InChI=1S/C14H13N3O2/c15-10-2-6-14(16-8-10)19-11-3-4-12-9(7-11)1-5-13(18)17-12/h2-4,6-8H,1,5,15H2,(H,17,18). The number of rotatable bonds is 2. The number of hydrogen-bond donors (Lipinski definition) is 2. The maximum Gasteiger partial charge on any atom is 0.224 e. The van der Waals surface area contributed by atoms with Gasteiger partial charge in [0.15, 0.2) is 0 Å². The minimum atomic E-state index is 0.0568. The van der Waals surface area contributed by atoms with Crippen molar-refractivity contribution in [2.75, 3.05) is 11.1 Å². The number of hydrogen-bond acceptors (Lipinski definition) is 4. The first-order valence-electron chi connectivity index (χ1n) is 6.03. The highest BCUT2D eigenvalue weighted by molar-refractivity contribution is 5.94. The molecule has 1 aromatic carbocycles. The molecule has 3 N–H and O–H groups in total. The number of amides is 1. The molecule has 0 radical (unpaired) electrons. The van der Waals surface area contributed by atoms with Crippen LogP contribution in [0.2, 0.25) is 0 Å². The van der Waals surface area contributed by atoms with Gasteiger partial charge >= 0.3 is 0 Å². The van der Waals surface area contributed by atoms with Crippen LogP contribution in [0.25, 0.3) is 0 Å². The molecule has 0 saturated heterocycles. The van der Waals surface area contributed by atoms with Gasteiger partial charge in [-0.15, -0.1) is 0 Å². The second-order valence-corrected chi connectivity index (χ2v) is 4.40. The van der Waals surface area contributed by atoms with Crippen molar-refractivity contribution in [1.82, 2.24) is 4.98 Å². The summed E-state index contributed by atoms with van der Waals surface area (Å²) in [4.78, 5) is 15.4. The van der Waals surface area contributed by atoms with Crippen molar-refractivity contribution in [2.24, 2.45) is 0 Å². The fraction of sp³-hybridized carbons (Fsp3) is 0.143.